The highest BCUT2D eigenvalue weighted by Crippen LogP contribution is 2.14. The van der Waals surface area contributed by atoms with E-state index in [9.17, 15) is 9.59 Å². The summed E-state index contributed by atoms with van der Waals surface area (Å²) in [7, 11) is 0. The van der Waals surface area contributed by atoms with Gasteiger partial charge >= 0.3 is 5.97 Å². The van der Waals surface area contributed by atoms with Crippen molar-refractivity contribution in [2.45, 2.75) is 26.7 Å². The molecule has 1 aromatic rings. The van der Waals surface area contributed by atoms with Crippen LogP contribution in [0, 0.1) is 5.41 Å². The molecule has 0 aliphatic carbocycles. The molecule has 0 unspecified atom stereocenters. The van der Waals surface area contributed by atoms with Gasteiger partial charge in [0, 0.05) is 17.4 Å². The van der Waals surface area contributed by atoms with Crippen LogP contribution in [0.4, 0.5) is 0 Å². The number of carboxylic acids is 1. The van der Waals surface area contributed by atoms with Crippen molar-refractivity contribution >= 4 is 27.8 Å². The highest BCUT2D eigenvalue weighted by atomic mass is 79.9. The molecule has 0 aliphatic heterocycles. The van der Waals surface area contributed by atoms with Crippen LogP contribution in [-0.4, -0.2) is 23.5 Å². The van der Waals surface area contributed by atoms with Crippen molar-refractivity contribution in [2.75, 3.05) is 6.54 Å². The molecule has 1 aromatic carbocycles. The summed E-state index contributed by atoms with van der Waals surface area (Å²) >= 11 is 3.38. The maximum Gasteiger partial charge on any atom is 0.310 e. The highest BCUT2D eigenvalue weighted by Gasteiger charge is 2.27. The van der Waals surface area contributed by atoms with Crippen molar-refractivity contribution in [3.63, 3.8) is 0 Å². The average Bonchev–Trinajstić information content (AvgIpc) is 2.34. The summed E-state index contributed by atoms with van der Waals surface area (Å²) in [5.74, 6) is -1.05. The van der Waals surface area contributed by atoms with Crippen LogP contribution in [0.2, 0.25) is 0 Å². The summed E-state index contributed by atoms with van der Waals surface area (Å²) < 4.78 is 0.984. The zero-order valence-electron chi connectivity index (χ0n) is 11.1. The van der Waals surface area contributed by atoms with E-state index in [4.69, 9.17) is 5.11 Å². The Balaban J connectivity index is 2.39. The van der Waals surface area contributed by atoms with Crippen molar-refractivity contribution in [3.05, 3.63) is 34.3 Å². The first-order valence-electron chi connectivity index (χ1n) is 6.06. The minimum atomic E-state index is -0.939. The third-order valence-electron chi connectivity index (χ3n) is 2.84. The minimum Gasteiger partial charge on any atom is -0.481 e. The van der Waals surface area contributed by atoms with Crippen LogP contribution >= 0.6 is 15.9 Å². The van der Waals surface area contributed by atoms with Crippen LogP contribution in [0.15, 0.2) is 28.7 Å². The number of amides is 1. The summed E-state index contributed by atoms with van der Waals surface area (Å²) in [5, 5.41) is 11.6. The summed E-state index contributed by atoms with van der Waals surface area (Å²) in [6.45, 7) is 3.31. The molecule has 5 heteroatoms. The fourth-order valence-electron chi connectivity index (χ4n) is 1.43. The molecule has 0 saturated carbocycles. The van der Waals surface area contributed by atoms with Gasteiger partial charge in [0.05, 0.1) is 5.41 Å². The first-order chi connectivity index (χ1) is 8.81. The molecule has 0 saturated heterocycles. The number of aliphatic carboxylic acids is 1. The van der Waals surface area contributed by atoms with Crippen molar-refractivity contribution in [2.24, 2.45) is 5.41 Å². The lowest BCUT2D eigenvalue weighted by molar-refractivity contribution is -0.146. The molecule has 104 valence electrons. The molecule has 0 radical (unpaired) electrons. The Labute approximate surface area is 121 Å². The summed E-state index contributed by atoms with van der Waals surface area (Å²) in [4.78, 5) is 22.5. The van der Waals surface area contributed by atoms with Gasteiger partial charge in [-0.05, 0) is 38.0 Å². The Morgan fingerprint density at radius 2 is 2.05 bits per heavy atom. The second-order valence-electron chi connectivity index (χ2n) is 5.10. The van der Waals surface area contributed by atoms with Gasteiger partial charge in [-0.3, -0.25) is 9.59 Å². The molecule has 1 amide bonds. The molecule has 2 N–H and O–H groups in total. The molecule has 0 heterocycles. The quantitative estimate of drug-likeness (QED) is 0.844. The lowest BCUT2D eigenvalue weighted by Crippen LogP contribution is -2.38. The van der Waals surface area contributed by atoms with Crippen LogP contribution in [0.3, 0.4) is 0 Å². The van der Waals surface area contributed by atoms with Gasteiger partial charge in [0.1, 0.15) is 0 Å². The SMILES string of the molecule is CC(C)(CNC(=O)CCc1cccc(Br)c1)C(=O)O. The van der Waals surface area contributed by atoms with E-state index < -0.39 is 11.4 Å². The van der Waals surface area contributed by atoms with Gasteiger partial charge in [-0.15, -0.1) is 0 Å². The molecule has 0 fully saturated rings. The van der Waals surface area contributed by atoms with E-state index >= 15 is 0 Å². The van der Waals surface area contributed by atoms with Gasteiger partial charge in [-0.25, -0.2) is 0 Å². The number of carbonyl (C=O) groups excluding carboxylic acids is 1. The van der Waals surface area contributed by atoms with Crippen LogP contribution in [-0.2, 0) is 16.0 Å². The topological polar surface area (TPSA) is 66.4 Å². The highest BCUT2D eigenvalue weighted by molar-refractivity contribution is 9.10. The van der Waals surface area contributed by atoms with Crippen molar-refractivity contribution in [3.8, 4) is 0 Å². The van der Waals surface area contributed by atoms with Crippen molar-refractivity contribution in [1.82, 2.24) is 5.32 Å². The number of rotatable bonds is 6. The zero-order valence-corrected chi connectivity index (χ0v) is 12.7. The molecule has 0 aromatic heterocycles. The van der Waals surface area contributed by atoms with Crippen LogP contribution < -0.4 is 5.32 Å². The van der Waals surface area contributed by atoms with E-state index in [2.05, 4.69) is 21.2 Å². The number of hydrogen-bond donors (Lipinski definition) is 2. The Morgan fingerprint density at radius 3 is 2.63 bits per heavy atom. The Morgan fingerprint density at radius 1 is 1.37 bits per heavy atom. The third-order valence-corrected chi connectivity index (χ3v) is 3.33. The van der Waals surface area contributed by atoms with Crippen molar-refractivity contribution in [1.29, 1.82) is 0 Å². The third kappa shape index (κ3) is 5.42. The fourth-order valence-corrected chi connectivity index (χ4v) is 1.88. The van der Waals surface area contributed by atoms with Crippen molar-refractivity contribution < 1.29 is 14.7 Å². The number of carboxylic acid groups (broad SMARTS) is 1. The largest absolute Gasteiger partial charge is 0.481 e. The van der Waals surface area contributed by atoms with Crippen LogP contribution in [0.25, 0.3) is 0 Å². The zero-order chi connectivity index (χ0) is 14.5. The summed E-state index contributed by atoms with van der Waals surface area (Å²) in [5.41, 5.74) is 0.132. The molecular formula is C14H18BrNO3. The molecular weight excluding hydrogens is 310 g/mol. The number of halogens is 1. The number of nitrogens with one attached hydrogen (secondary N) is 1. The summed E-state index contributed by atoms with van der Waals surface area (Å²) in [6, 6.07) is 7.78. The van der Waals surface area contributed by atoms with E-state index in [1.807, 2.05) is 24.3 Å². The molecule has 0 spiro atoms. The number of hydrogen-bond acceptors (Lipinski definition) is 2. The maximum absolute atomic E-state index is 11.7. The molecule has 19 heavy (non-hydrogen) atoms. The Hall–Kier alpha value is -1.36. The first-order valence-corrected chi connectivity index (χ1v) is 6.85. The lowest BCUT2D eigenvalue weighted by atomic mass is 9.94. The standard InChI is InChI=1S/C14H18BrNO3/c1-14(2,13(18)19)9-16-12(17)7-6-10-4-3-5-11(15)8-10/h3-5,8H,6-7,9H2,1-2H3,(H,16,17)(H,18,19). The normalized spacial score (nSPS) is 11.1. The lowest BCUT2D eigenvalue weighted by Gasteiger charge is -2.19. The fraction of sp³-hybridized carbons (Fsp3) is 0.429. The van der Waals surface area contributed by atoms with Gasteiger partial charge in [-0.2, -0.15) is 0 Å². The van der Waals surface area contributed by atoms with Gasteiger partial charge in [0.15, 0.2) is 0 Å². The predicted octanol–water partition coefficient (Wildman–Crippen LogP) is 2.61. The minimum absolute atomic E-state index is 0.130. The maximum atomic E-state index is 11.7. The molecule has 0 aliphatic rings. The molecule has 0 atom stereocenters. The van der Waals surface area contributed by atoms with Gasteiger partial charge < -0.3 is 10.4 Å². The average molecular weight is 328 g/mol. The van der Waals surface area contributed by atoms with Crippen LogP contribution in [0.1, 0.15) is 25.8 Å². The molecule has 4 nitrogen and oxygen atoms in total. The van der Waals surface area contributed by atoms with E-state index in [1.54, 1.807) is 13.8 Å². The smallest absolute Gasteiger partial charge is 0.310 e. The second-order valence-corrected chi connectivity index (χ2v) is 6.01. The summed E-state index contributed by atoms with van der Waals surface area (Å²) in [6.07, 6.45) is 0.991. The van der Waals surface area contributed by atoms with Crippen LogP contribution in [0.5, 0.6) is 0 Å². The van der Waals surface area contributed by atoms with E-state index in [0.717, 1.165) is 10.0 Å². The van der Waals surface area contributed by atoms with Gasteiger partial charge in [0.25, 0.3) is 0 Å². The van der Waals surface area contributed by atoms with E-state index in [0.29, 0.717) is 12.8 Å². The monoisotopic (exact) mass is 327 g/mol. The number of carbonyl (C=O) groups is 2. The van der Waals surface area contributed by atoms with E-state index in [1.165, 1.54) is 0 Å². The second kappa shape index (κ2) is 6.70. The van der Waals surface area contributed by atoms with E-state index in [-0.39, 0.29) is 12.5 Å². The Bertz CT molecular complexity index is 472. The Kier molecular flexibility index (Phi) is 5.54. The number of aryl methyl sites for hydroxylation is 1. The molecule has 0 bridgehead atoms. The predicted molar refractivity (Wildman–Crippen MR) is 76.9 cm³/mol. The molecule has 1 rings (SSSR count). The number of benzene rings is 1. The van der Waals surface area contributed by atoms with Gasteiger partial charge in [-0.1, -0.05) is 28.1 Å². The van der Waals surface area contributed by atoms with Gasteiger partial charge in [0.2, 0.25) is 5.91 Å². The first kappa shape index (κ1) is 15.7.